The predicted octanol–water partition coefficient (Wildman–Crippen LogP) is 8.47. The number of aliphatic carboxylic acids is 1. The summed E-state index contributed by atoms with van der Waals surface area (Å²) in [6, 6.07) is 33.3. The molecule has 1 N–H and O–H groups in total. The maximum Gasteiger partial charge on any atom is 0.314 e. The van der Waals surface area contributed by atoms with Crippen LogP contribution in [0.3, 0.4) is 0 Å². The molecule has 0 saturated carbocycles. The smallest absolute Gasteiger partial charge is 0.314 e. The molecule has 0 aliphatic heterocycles. The molecule has 5 rings (SSSR count). The van der Waals surface area contributed by atoms with Crippen LogP contribution in [-0.4, -0.2) is 11.1 Å². The Hall–Kier alpha value is -3.33. The van der Waals surface area contributed by atoms with Crippen molar-refractivity contribution in [2.45, 2.75) is 18.3 Å². The first-order valence-corrected chi connectivity index (χ1v) is 11.8. The summed E-state index contributed by atoms with van der Waals surface area (Å²) < 4.78 is 0. The number of benzene rings is 5. The van der Waals surface area contributed by atoms with Gasteiger partial charge in [-0.05, 0) is 57.3 Å². The lowest BCUT2D eigenvalue weighted by molar-refractivity contribution is -0.143. The van der Waals surface area contributed by atoms with Gasteiger partial charge in [-0.15, -0.1) is 0 Å². The van der Waals surface area contributed by atoms with Crippen LogP contribution in [-0.2, 0) is 10.2 Å². The average molecular weight is 485 g/mol. The third-order valence-corrected chi connectivity index (χ3v) is 7.33. The van der Waals surface area contributed by atoms with Crippen LogP contribution in [0.5, 0.6) is 0 Å². The third kappa shape index (κ3) is 3.64. The van der Waals surface area contributed by atoms with Crippen LogP contribution in [0, 0.1) is 0 Å². The maximum atomic E-state index is 13.2. The zero-order valence-corrected chi connectivity index (χ0v) is 20.0. The van der Waals surface area contributed by atoms with Crippen LogP contribution < -0.4 is 0 Å². The summed E-state index contributed by atoms with van der Waals surface area (Å²) in [6.45, 7) is 1.76. The monoisotopic (exact) mass is 484 g/mol. The highest BCUT2D eigenvalue weighted by Crippen LogP contribution is 2.49. The molecule has 0 saturated heterocycles. The number of carbonyl (C=O) groups is 1. The molecule has 0 amide bonds. The highest BCUT2D eigenvalue weighted by Gasteiger charge is 2.47. The fraction of sp³-hybridized carbons (Fsp3) is 0.100. The van der Waals surface area contributed by atoms with E-state index in [0.29, 0.717) is 15.6 Å². The Morgan fingerprint density at radius 2 is 1.24 bits per heavy atom. The zero-order valence-electron chi connectivity index (χ0n) is 18.5. The Labute approximate surface area is 208 Å². The summed E-state index contributed by atoms with van der Waals surface area (Å²) >= 11 is 12.9. The molecule has 0 bridgehead atoms. The number of rotatable bonds is 5. The van der Waals surface area contributed by atoms with E-state index in [1.807, 2.05) is 72.8 Å². The van der Waals surface area contributed by atoms with Gasteiger partial charge in [-0.1, -0.05) is 114 Å². The first kappa shape index (κ1) is 22.5. The molecular formula is C30H22Cl2O2. The van der Waals surface area contributed by atoms with Crippen molar-refractivity contribution >= 4 is 50.7 Å². The number of carboxylic acid groups (broad SMARTS) is 1. The van der Waals surface area contributed by atoms with Crippen molar-refractivity contribution in [3.63, 3.8) is 0 Å². The van der Waals surface area contributed by atoms with Crippen LogP contribution in [0.1, 0.15) is 29.5 Å². The molecule has 34 heavy (non-hydrogen) atoms. The Bertz CT molecular complexity index is 1450. The summed E-state index contributed by atoms with van der Waals surface area (Å²) in [5.41, 5.74) is 1.02. The largest absolute Gasteiger partial charge is 0.481 e. The number of halogens is 2. The lowest BCUT2D eigenvalue weighted by atomic mass is 9.64. The van der Waals surface area contributed by atoms with Gasteiger partial charge >= 0.3 is 5.97 Å². The SMILES string of the molecule is CC(C(=O)O)(c1ccc(Cl)cc1Cl)C(c1cccc2ccccc12)c1cccc2ccccc12. The van der Waals surface area contributed by atoms with Crippen molar-refractivity contribution in [2.75, 3.05) is 0 Å². The minimum atomic E-state index is -1.38. The third-order valence-electron chi connectivity index (χ3n) is 6.78. The molecule has 0 aromatic heterocycles. The van der Waals surface area contributed by atoms with E-state index in [1.165, 1.54) is 0 Å². The van der Waals surface area contributed by atoms with Crippen LogP contribution in [0.2, 0.25) is 10.0 Å². The molecule has 2 nitrogen and oxygen atoms in total. The highest BCUT2D eigenvalue weighted by atomic mass is 35.5. The van der Waals surface area contributed by atoms with Crippen molar-refractivity contribution in [1.29, 1.82) is 0 Å². The molecule has 0 radical (unpaired) electrons. The van der Waals surface area contributed by atoms with Gasteiger partial charge in [0.15, 0.2) is 0 Å². The minimum Gasteiger partial charge on any atom is -0.481 e. The molecule has 4 heteroatoms. The van der Waals surface area contributed by atoms with Crippen molar-refractivity contribution in [3.8, 4) is 0 Å². The lowest BCUT2D eigenvalue weighted by Crippen LogP contribution is -2.40. The first-order valence-electron chi connectivity index (χ1n) is 11.1. The van der Waals surface area contributed by atoms with E-state index in [2.05, 4.69) is 12.1 Å². The van der Waals surface area contributed by atoms with Crippen molar-refractivity contribution in [2.24, 2.45) is 0 Å². The van der Waals surface area contributed by atoms with Gasteiger partial charge in [-0.2, -0.15) is 0 Å². The van der Waals surface area contributed by atoms with Gasteiger partial charge in [0.2, 0.25) is 0 Å². The van der Waals surface area contributed by atoms with Gasteiger partial charge in [0.05, 0.1) is 0 Å². The second-order valence-electron chi connectivity index (χ2n) is 8.70. The molecule has 168 valence electrons. The minimum absolute atomic E-state index is 0.336. The molecule has 1 unspecified atom stereocenters. The predicted molar refractivity (Wildman–Crippen MR) is 141 cm³/mol. The quantitative estimate of drug-likeness (QED) is 0.271. The van der Waals surface area contributed by atoms with E-state index >= 15 is 0 Å². The molecule has 0 heterocycles. The average Bonchev–Trinajstić information content (AvgIpc) is 2.84. The number of hydrogen-bond donors (Lipinski definition) is 1. The fourth-order valence-electron chi connectivity index (χ4n) is 5.10. The zero-order chi connectivity index (χ0) is 23.9. The van der Waals surface area contributed by atoms with E-state index in [0.717, 1.165) is 32.7 Å². The maximum absolute atomic E-state index is 13.2. The molecule has 0 fully saturated rings. The topological polar surface area (TPSA) is 37.3 Å². The van der Waals surface area contributed by atoms with Crippen molar-refractivity contribution in [1.82, 2.24) is 0 Å². The molecule has 0 spiro atoms. The second-order valence-corrected chi connectivity index (χ2v) is 9.55. The standard InChI is InChI=1S/C30H22Cl2O2/c1-30(29(33)34,26-17-16-21(31)18-27(26)32)28(24-14-6-10-19-8-2-4-12-22(19)24)25-15-7-11-20-9-3-5-13-23(20)25/h2-18,28H,1H3,(H,33,34). The second kappa shape index (κ2) is 8.79. The van der Waals surface area contributed by atoms with Crippen LogP contribution in [0.25, 0.3) is 21.5 Å². The van der Waals surface area contributed by atoms with Gasteiger partial charge in [-0.3, -0.25) is 4.79 Å². The first-order chi connectivity index (χ1) is 16.4. The Balaban J connectivity index is 1.92. The normalized spacial score (nSPS) is 13.3. The van der Waals surface area contributed by atoms with E-state index < -0.39 is 17.3 Å². The summed E-state index contributed by atoms with van der Waals surface area (Å²) in [5.74, 6) is -1.48. The van der Waals surface area contributed by atoms with E-state index in [4.69, 9.17) is 23.2 Å². The summed E-state index contributed by atoms with van der Waals surface area (Å²) in [6.07, 6.45) is 0. The lowest BCUT2D eigenvalue weighted by Gasteiger charge is -2.37. The number of hydrogen-bond acceptors (Lipinski definition) is 1. The van der Waals surface area contributed by atoms with Gasteiger partial charge in [0, 0.05) is 16.0 Å². The Morgan fingerprint density at radius 1 is 0.735 bits per heavy atom. The number of fused-ring (bicyclic) bond motifs is 2. The van der Waals surface area contributed by atoms with E-state index in [9.17, 15) is 9.90 Å². The van der Waals surface area contributed by atoms with Gasteiger partial charge in [0.1, 0.15) is 5.41 Å². The molecule has 0 aliphatic carbocycles. The van der Waals surface area contributed by atoms with Gasteiger partial charge < -0.3 is 5.11 Å². The summed E-state index contributed by atoms with van der Waals surface area (Å²) in [7, 11) is 0. The van der Waals surface area contributed by atoms with Gasteiger partial charge in [0.25, 0.3) is 0 Å². The molecule has 1 atom stereocenters. The van der Waals surface area contributed by atoms with Gasteiger partial charge in [-0.25, -0.2) is 0 Å². The molecule has 5 aromatic rings. The van der Waals surface area contributed by atoms with Crippen LogP contribution in [0.15, 0.2) is 103 Å². The molecule has 5 aromatic carbocycles. The summed E-state index contributed by atoms with van der Waals surface area (Å²) in [5, 5.41) is 15.8. The van der Waals surface area contributed by atoms with Crippen molar-refractivity contribution < 1.29 is 9.90 Å². The summed E-state index contributed by atoms with van der Waals surface area (Å²) in [4.78, 5) is 13.2. The van der Waals surface area contributed by atoms with Crippen LogP contribution in [0.4, 0.5) is 0 Å². The molecular weight excluding hydrogens is 463 g/mol. The Kier molecular flexibility index (Phi) is 5.81. The van der Waals surface area contributed by atoms with Crippen molar-refractivity contribution in [3.05, 3.63) is 130 Å². The van der Waals surface area contributed by atoms with E-state index in [-0.39, 0.29) is 0 Å². The fourth-order valence-corrected chi connectivity index (χ4v) is 5.70. The molecule has 0 aliphatic rings. The number of carboxylic acids is 1. The Morgan fingerprint density at radius 3 is 1.74 bits per heavy atom. The highest BCUT2D eigenvalue weighted by molar-refractivity contribution is 6.35. The van der Waals surface area contributed by atoms with E-state index in [1.54, 1.807) is 25.1 Å². The van der Waals surface area contributed by atoms with Crippen LogP contribution >= 0.6 is 23.2 Å².